The number of rotatable bonds is 1. The van der Waals surface area contributed by atoms with Gasteiger partial charge in [0.2, 0.25) is 5.89 Å². The van der Waals surface area contributed by atoms with Crippen molar-refractivity contribution in [1.82, 2.24) is 4.98 Å². The second kappa shape index (κ2) is 3.78. The van der Waals surface area contributed by atoms with E-state index in [4.69, 9.17) is 4.42 Å². The fraction of sp³-hybridized carbons (Fsp3) is 0.357. The lowest BCUT2D eigenvalue weighted by Crippen LogP contribution is -2.11. The summed E-state index contributed by atoms with van der Waals surface area (Å²) < 4.78 is 5.85. The monoisotopic (exact) mass is 215 g/mol. The van der Waals surface area contributed by atoms with Gasteiger partial charge in [0.1, 0.15) is 5.76 Å². The maximum atomic E-state index is 5.85. The van der Waals surface area contributed by atoms with E-state index in [2.05, 4.69) is 25.8 Å². The summed E-state index contributed by atoms with van der Waals surface area (Å²) in [6, 6.07) is 10.00. The fourth-order valence-corrected chi connectivity index (χ4v) is 1.80. The van der Waals surface area contributed by atoms with Gasteiger partial charge in [0.15, 0.2) is 0 Å². The molecule has 0 aliphatic carbocycles. The minimum absolute atomic E-state index is 0.00408. The third-order valence-electron chi connectivity index (χ3n) is 2.50. The van der Waals surface area contributed by atoms with Gasteiger partial charge < -0.3 is 4.42 Å². The van der Waals surface area contributed by atoms with Crippen molar-refractivity contribution in [3.63, 3.8) is 0 Å². The molecule has 0 atom stereocenters. The number of benzene rings is 1. The van der Waals surface area contributed by atoms with Crippen molar-refractivity contribution in [2.75, 3.05) is 0 Å². The van der Waals surface area contributed by atoms with Crippen LogP contribution in [0.15, 0.2) is 34.7 Å². The Bertz CT molecular complexity index is 477. The van der Waals surface area contributed by atoms with Gasteiger partial charge in [-0.05, 0) is 19.1 Å². The van der Waals surface area contributed by atoms with Crippen LogP contribution in [-0.2, 0) is 5.41 Å². The lowest BCUT2D eigenvalue weighted by Gasteiger charge is -2.14. The van der Waals surface area contributed by atoms with Gasteiger partial charge in [-0.1, -0.05) is 39.0 Å². The Hall–Kier alpha value is -1.57. The molecule has 0 aliphatic rings. The maximum absolute atomic E-state index is 5.85. The minimum atomic E-state index is 0.00408. The molecule has 1 heterocycles. The highest BCUT2D eigenvalue weighted by Gasteiger charge is 2.23. The summed E-state index contributed by atoms with van der Waals surface area (Å²) in [6.07, 6.45) is 0. The molecule has 0 aliphatic heterocycles. The van der Waals surface area contributed by atoms with Crippen molar-refractivity contribution in [2.45, 2.75) is 33.1 Å². The van der Waals surface area contributed by atoms with E-state index in [9.17, 15) is 0 Å². The van der Waals surface area contributed by atoms with Gasteiger partial charge in [-0.25, -0.2) is 4.98 Å². The van der Waals surface area contributed by atoms with Crippen LogP contribution in [0.5, 0.6) is 0 Å². The minimum Gasteiger partial charge on any atom is -0.440 e. The Labute approximate surface area is 96.3 Å². The van der Waals surface area contributed by atoms with E-state index < -0.39 is 0 Å². The van der Waals surface area contributed by atoms with Crippen molar-refractivity contribution in [2.24, 2.45) is 0 Å². The molecule has 84 valence electrons. The number of aromatic nitrogens is 1. The molecule has 0 bridgehead atoms. The Morgan fingerprint density at radius 2 is 1.69 bits per heavy atom. The first-order chi connectivity index (χ1) is 7.48. The molecule has 16 heavy (non-hydrogen) atoms. The molecule has 1 aromatic carbocycles. The summed E-state index contributed by atoms with van der Waals surface area (Å²) in [5, 5.41) is 0. The zero-order chi connectivity index (χ0) is 11.8. The van der Waals surface area contributed by atoms with E-state index in [-0.39, 0.29) is 5.41 Å². The van der Waals surface area contributed by atoms with Crippen LogP contribution in [0.1, 0.15) is 32.2 Å². The summed E-state index contributed by atoms with van der Waals surface area (Å²) >= 11 is 0. The largest absolute Gasteiger partial charge is 0.440 e. The van der Waals surface area contributed by atoms with Gasteiger partial charge in [0.25, 0.3) is 0 Å². The molecule has 2 rings (SSSR count). The first-order valence-corrected chi connectivity index (χ1v) is 5.52. The van der Waals surface area contributed by atoms with E-state index >= 15 is 0 Å². The first kappa shape index (κ1) is 10.9. The van der Waals surface area contributed by atoms with Crippen LogP contribution in [0.2, 0.25) is 0 Å². The lowest BCUT2D eigenvalue weighted by molar-refractivity contribution is 0.413. The van der Waals surface area contributed by atoms with Gasteiger partial charge in [-0.2, -0.15) is 0 Å². The van der Waals surface area contributed by atoms with Crippen LogP contribution < -0.4 is 0 Å². The molecule has 0 saturated heterocycles. The fourth-order valence-electron chi connectivity index (χ4n) is 1.80. The zero-order valence-electron chi connectivity index (χ0n) is 10.2. The summed E-state index contributed by atoms with van der Waals surface area (Å²) in [7, 11) is 0. The maximum Gasteiger partial charge on any atom is 0.226 e. The number of aryl methyl sites for hydroxylation is 1. The second-order valence-electron chi connectivity index (χ2n) is 5.05. The van der Waals surface area contributed by atoms with E-state index in [1.54, 1.807) is 0 Å². The van der Waals surface area contributed by atoms with Crippen molar-refractivity contribution in [3.05, 3.63) is 41.8 Å². The summed E-state index contributed by atoms with van der Waals surface area (Å²) in [4.78, 5) is 4.48. The SMILES string of the molecule is Cc1nc(-c2ccccc2)oc1C(C)(C)C. The predicted octanol–water partition coefficient (Wildman–Crippen LogP) is 3.95. The Kier molecular flexibility index (Phi) is 2.58. The van der Waals surface area contributed by atoms with Gasteiger partial charge >= 0.3 is 0 Å². The average Bonchev–Trinajstić information content (AvgIpc) is 2.61. The van der Waals surface area contributed by atoms with Crippen molar-refractivity contribution >= 4 is 0 Å². The molecule has 0 amide bonds. The Morgan fingerprint density at radius 3 is 2.19 bits per heavy atom. The van der Waals surface area contributed by atoms with Crippen LogP contribution in [-0.4, -0.2) is 4.98 Å². The third kappa shape index (κ3) is 2.01. The Balaban J connectivity index is 2.47. The highest BCUT2D eigenvalue weighted by Crippen LogP contribution is 2.30. The van der Waals surface area contributed by atoms with Crippen molar-refractivity contribution < 1.29 is 4.42 Å². The molecule has 0 unspecified atom stereocenters. The third-order valence-corrected chi connectivity index (χ3v) is 2.50. The summed E-state index contributed by atoms with van der Waals surface area (Å²) in [5.41, 5.74) is 2.01. The molecule has 2 aromatic rings. The van der Waals surface area contributed by atoms with E-state index in [1.165, 1.54) is 0 Å². The Morgan fingerprint density at radius 1 is 1.06 bits per heavy atom. The number of nitrogens with zero attached hydrogens (tertiary/aromatic N) is 1. The van der Waals surface area contributed by atoms with Crippen LogP contribution >= 0.6 is 0 Å². The van der Waals surface area contributed by atoms with Crippen molar-refractivity contribution in [1.29, 1.82) is 0 Å². The molecule has 0 radical (unpaired) electrons. The summed E-state index contributed by atoms with van der Waals surface area (Å²) in [6.45, 7) is 8.40. The molecule has 0 fully saturated rings. The van der Waals surface area contributed by atoms with E-state index in [0.29, 0.717) is 5.89 Å². The molecule has 2 nitrogen and oxygen atoms in total. The molecular weight excluding hydrogens is 198 g/mol. The normalized spacial score (nSPS) is 11.8. The average molecular weight is 215 g/mol. The molecule has 1 aromatic heterocycles. The second-order valence-corrected chi connectivity index (χ2v) is 5.05. The van der Waals surface area contributed by atoms with Crippen molar-refractivity contribution in [3.8, 4) is 11.5 Å². The quantitative estimate of drug-likeness (QED) is 0.720. The highest BCUT2D eigenvalue weighted by atomic mass is 16.4. The van der Waals surface area contributed by atoms with Gasteiger partial charge in [0.05, 0.1) is 5.69 Å². The molecule has 0 N–H and O–H groups in total. The number of oxazole rings is 1. The lowest BCUT2D eigenvalue weighted by atomic mass is 9.92. The van der Waals surface area contributed by atoms with Gasteiger partial charge in [-0.3, -0.25) is 0 Å². The number of hydrogen-bond acceptors (Lipinski definition) is 2. The highest BCUT2D eigenvalue weighted by molar-refractivity contribution is 5.53. The van der Waals surface area contributed by atoms with Crippen LogP contribution in [0.25, 0.3) is 11.5 Å². The van der Waals surface area contributed by atoms with Crippen LogP contribution in [0.3, 0.4) is 0 Å². The predicted molar refractivity (Wildman–Crippen MR) is 65.4 cm³/mol. The topological polar surface area (TPSA) is 26.0 Å². The van der Waals surface area contributed by atoms with Gasteiger partial charge in [-0.15, -0.1) is 0 Å². The molecule has 0 spiro atoms. The molecule has 0 saturated carbocycles. The smallest absolute Gasteiger partial charge is 0.226 e. The van der Waals surface area contributed by atoms with Crippen LogP contribution in [0.4, 0.5) is 0 Å². The van der Waals surface area contributed by atoms with E-state index in [1.807, 2.05) is 37.3 Å². The summed E-state index contributed by atoms with van der Waals surface area (Å²) in [5.74, 6) is 1.68. The van der Waals surface area contributed by atoms with Crippen LogP contribution in [0, 0.1) is 6.92 Å². The first-order valence-electron chi connectivity index (χ1n) is 5.52. The van der Waals surface area contributed by atoms with Gasteiger partial charge in [0, 0.05) is 11.0 Å². The number of hydrogen-bond donors (Lipinski definition) is 0. The van der Waals surface area contributed by atoms with E-state index in [0.717, 1.165) is 17.0 Å². The standard InChI is InChI=1S/C14H17NO/c1-10-12(14(2,3)4)16-13(15-10)11-8-6-5-7-9-11/h5-9H,1-4H3. The zero-order valence-corrected chi connectivity index (χ0v) is 10.2. The molecular formula is C14H17NO. The molecule has 2 heteroatoms.